The van der Waals surface area contributed by atoms with Gasteiger partial charge in [0.25, 0.3) is 0 Å². The summed E-state index contributed by atoms with van der Waals surface area (Å²) in [5, 5.41) is 8.89. The molecular formula is C2H4KLiO2. The maximum atomic E-state index is 8.89. The monoisotopic (exact) mass is 106 g/mol. The van der Waals surface area contributed by atoms with E-state index in [1.165, 1.54) is 0 Å². The van der Waals surface area contributed by atoms with Crippen molar-refractivity contribution in [1.29, 1.82) is 0 Å². The summed E-state index contributed by atoms with van der Waals surface area (Å²) in [6.45, 7) is 0.972. The van der Waals surface area contributed by atoms with Gasteiger partial charge >= 0.3 is 70.2 Å². The fourth-order valence-electron chi connectivity index (χ4n) is 0. The van der Waals surface area contributed by atoms with Crippen LogP contribution in [0.25, 0.3) is 0 Å². The zero-order valence-electron chi connectivity index (χ0n) is 3.32. The van der Waals surface area contributed by atoms with Crippen molar-refractivity contribution in [3.8, 4) is 0 Å². The van der Waals surface area contributed by atoms with Gasteiger partial charge in [0, 0.05) is 5.97 Å². The van der Waals surface area contributed by atoms with Crippen LogP contribution in [-0.4, -0.2) is 24.8 Å². The Morgan fingerprint density at radius 1 is 1.67 bits per heavy atom. The summed E-state index contributed by atoms with van der Waals surface area (Å²) < 4.78 is 0. The van der Waals surface area contributed by atoms with Gasteiger partial charge in [-0.15, -0.1) is 0 Å². The fourth-order valence-corrected chi connectivity index (χ4v) is 0. The van der Waals surface area contributed by atoms with Crippen molar-refractivity contribution in [2.75, 3.05) is 0 Å². The Bertz CT molecular complexity index is 34.5. The molecule has 0 spiro atoms. The second kappa shape index (κ2) is 9.86. The molecule has 0 atom stereocenters. The van der Waals surface area contributed by atoms with Gasteiger partial charge in [-0.25, -0.2) is 0 Å². The molecule has 0 aromatic rings. The Hall–Kier alpha value is 1.70. The van der Waals surface area contributed by atoms with E-state index in [4.69, 9.17) is 9.90 Å². The van der Waals surface area contributed by atoms with Crippen LogP contribution >= 0.6 is 0 Å². The van der Waals surface area contributed by atoms with E-state index >= 15 is 0 Å². The van der Waals surface area contributed by atoms with E-state index in [0.29, 0.717) is 0 Å². The number of aliphatic carboxylic acids is 1. The Kier molecular flexibility index (Phi) is 25.7. The van der Waals surface area contributed by atoms with Gasteiger partial charge < -0.3 is 9.90 Å². The molecule has 0 saturated carbocycles. The van der Waals surface area contributed by atoms with E-state index in [2.05, 4.69) is 0 Å². The quantitative estimate of drug-likeness (QED) is 0.290. The zero-order valence-corrected chi connectivity index (χ0v) is 6.44. The predicted octanol–water partition coefficient (Wildman–Crippen LogP) is -4.89. The summed E-state index contributed by atoms with van der Waals surface area (Å²) in [5.41, 5.74) is 0. The number of hydrogen-bond acceptors (Lipinski definition) is 2. The second-order valence-corrected chi connectivity index (χ2v) is 0.492. The first-order valence-corrected chi connectivity index (χ1v) is 0.908. The Morgan fingerprint density at radius 3 is 1.67 bits per heavy atom. The van der Waals surface area contributed by atoms with Gasteiger partial charge in [-0.05, 0) is 6.92 Å². The summed E-state index contributed by atoms with van der Waals surface area (Å²) >= 11 is 0. The normalized spacial score (nSPS) is 4.17. The number of carbonyl (C=O) groups is 1. The average Bonchev–Trinajstić information content (AvgIpc) is 0.811. The number of rotatable bonds is 0. The molecule has 4 heteroatoms. The fraction of sp³-hybridized carbons (Fsp3) is 0.500. The van der Waals surface area contributed by atoms with E-state index in [-0.39, 0.29) is 70.2 Å². The molecule has 0 aliphatic rings. The third kappa shape index (κ3) is 43.5. The van der Waals surface area contributed by atoms with Crippen molar-refractivity contribution in [1.82, 2.24) is 0 Å². The minimum atomic E-state index is -1.08. The molecule has 0 aliphatic carbocycles. The number of carbonyl (C=O) groups excluding carboxylic acids is 1. The van der Waals surface area contributed by atoms with E-state index in [0.717, 1.165) is 6.92 Å². The van der Waals surface area contributed by atoms with Gasteiger partial charge in [-0.2, -0.15) is 0 Å². The van der Waals surface area contributed by atoms with Gasteiger partial charge in [-0.3, -0.25) is 0 Å². The first-order chi connectivity index (χ1) is 1.73. The number of carboxylic acid groups (broad SMARTS) is 1. The maximum absolute atomic E-state index is 8.89. The SMILES string of the molecule is CC(=O)[O-].[K+].[LiH]. The van der Waals surface area contributed by atoms with Crippen molar-refractivity contribution in [2.45, 2.75) is 6.92 Å². The van der Waals surface area contributed by atoms with E-state index < -0.39 is 5.97 Å². The molecule has 0 fully saturated rings. The van der Waals surface area contributed by atoms with E-state index in [1.807, 2.05) is 0 Å². The molecule has 0 bridgehead atoms. The van der Waals surface area contributed by atoms with Crippen LogP contribution in [0.15, 0.2) is 0 Å². The van der Waals surface area contributed by atoms with E-state index in [1.54, 1.807) is 0 Å². The summed E-state index contributed by atoms with van der Waals surface area (Å²) in [7, 11) is 0. The van der Waals surface area contributed by atoms with Gasteiger partial charge in [0.05, 0.1) is 0 Å². The van der Waals surface area contributed by atoms with Crippen LogP contribution in [0.1, 0.15) is 6.92 Å². The molecule has 0 unspecified atom stereocenters. The molecule has 2 nitrogen and oxygen atoms in total. The topological polar surface area (TPSA) is 40.1 Å². The molecule has 26 valence electrons. The van der Waals surface area contributed by atoms with Crippen LogP contribution in [-0.2, 0) is 4.79 Å². The Balaban J connectivity index is -0.0000000450. The molecule has 0 aliphatic heterocycles. The molecule has 6 heavy (non-hydrogen) atoms. The summed E-state index contributed by atoms with van der Waals surface area (Å²) in [5.74, 6) is -1.08. The van der Waals surface area contributed by atoms with Crippen LogP contribution < -0.4 is 56.5 Å². The van der Waals surface area contributed by atoms with Gasteiger partial charge in [0.15, 0.2) is 0 Å². The first-order valence-electron chi connectivity index (χ1n) is 0.908. The minimum absolute atomic E-state index is 0. The van der Waals surface area contributed by atoms with Gasteiger partial charge in [-0.1, -0.05) is 0 Å². The third-order valence-electron chi connectivity index (χ3n) is 0. The number of hydrogen-bond donors (Lipinski definition) is 0. The third-order valence-corrected chi connectivity index (χ3v) is 0. The summed E-state index contributed by atoms with van der Waals surface area (Å²) in [4.78, 5) is 8.89. The molecule has 0 aromatic carbocycles. The molecule has 0 N–H and O–H groups in total. The Labute approximate surface area is 91.3 Å². The van der Waals surface area contributed by atoms with Gasteiger partial charge in [0.1, 0.15) is 0 Å². The van der Waals surface area contributed by atoms with Crippen molar-refractivity contribution < 1.29 is 61.3 Å². The molecular weight excluding hydrogens is 102 g/mol. The number of carboxylic acids is 1. The van der Waals surface area contributed by atoms with Crippen LogP contribution in [0.3, 0.4) is 0 Å². The van der Waals surface area contributed by atoms with Crippen molar-refractivity contribution >= 4 is 24.8 Å². The molecule has 0 heterocycles. The van der Waals surface area contributed by atoms with E-state index in [9.17, 15) is 0 Å². The predicted molar refractivity (Wildman–Crippen MR) is 17.8 cm³/mol. The van der Waals surface area contributed by atoms with Crippen molar-refractivity contribution in [2.24, 2.45) is 0 Å². The molecule has 0 amide bonds. The molecule has 0 radical (unpaired) electrons. The van der Waals surface area contributed by atoms with Crippen molar-refractivity contribution in [3.05, 3.63) is 0 Å². The van der Waals surface area contributed by atoms with Crippen LogP contribution in [0.5, 0.6) is 0 Å². The second-order valence-electron chi connectivity index (χ2n) is 0.492. The Morgan fingerprint density at radius 2 is 1.67 bits per heavy atom. The first kappa shape index (κ1) is 15.6. The average molecular weight is 106 g/mol. The van der Waals surface area contributed by atoms with Crippen molar-refractivity contribution in [3.63, 3.8) is 0 Å². The van der Waals surface area contributed by atoms with Crippen LogP contribution in [0.4, 0.5) is 0 Å². The van der Waals surface area contributed by atoms with Crippen LogP contribution in [0.2, 0.25) is 0 Å². The molecule has 0 rings (SSSR count). The summed E-state index contributed by atoms with van der Waals surface area (Å²) in [6.07, 6.45) is 0. The zero-order chi connectivity index (χ0) is 3.58. The van der Waals surface area contributed by atoms with Gasteiger partial charge in [0.2, 0.25) is 0 Å². The standard InChI is InChI=1S/C2H4O2.K.Li.H/c1-2(3)4;;;/h1H3,(H,3,4);;;/q;+1;;/p-1. The molecule has 0 saturated heterocycles. The van der Waals surface area contributed by atoms with Crippen LogP contribution in [0, 0.1) is 0 Å². The molecule has 0 aromatic heterocycles. The summed E-state index contributed by atoms with van der Waals surface area (Å²) in [6, 6.07) is 0.